The highest BCUT2D eigenvalue weighted by Gasteiger charge is 2.23. The van der Waals surface area contributed by atoms with Gasteiger partial charge >= 0.3 is 0 Å². The van der Waals surface area contributed by atoms with Gasteiger partial charge in [0.2, 0.25) is 10.0 Å². The Balaban J connectivity index is 1.80. The maximum atomic E-state index is 12.7. The average molecular weight is 405 g/mol. The van der Waals surface area contributed by atoms with Crippen LogP contribution in [0.15, 0.2) is 48.5 Å². The molecule has 0 atom stereocenters. The lowest BCUT2D eigenvalue weighted by molar-refractivity contribution is -0.384. The Bertz CT molecular complexity index is 986. The van der Waals surface area contributed by atoms with Crippen molar-refractivity contribution in [3.05, 3.63) is 69.8 Å². The van der Waals surface area contributed by atoms with Crippen molar-refractivity contribution >= 4 is 27.3 Å². The number of ether oxygens (including phenoxy) is 1. The van der Waals surface area contributed by atoms with Crippen molar-refractivity contribution in [3.63, 3.8) is 0 Å². The predicted octanol–water partition coefficient (Wildman–Crippen LogP) is 2.01. The number of carbonyl (C=O) groups is 1. The molecule has 1 aliphatic rings. The molecule has 9 nitrogen and oxygen atoms in total. The van der Waals surface area contributed by atoms with Gasteiger partial charge in [0.1, 0.15) is 0 Å². The number of sulfonamides is 1. The number of para-hydroxylation sites is 1. The Kier molecular flexibility index (Phi) is 5.90. The first-order chi connectivity index (χ1) is 13.4. The molecule has 148 valence electrons. The van der Waals surface area contributed by atoms with Crippen LogP contribution < -0.4 is 4.72 Å². The van der Waals surface area contributed by atoms with E-state index in [1.807, 2.05) is 0 Å². The first-order valence-electron chi connectivity index (χ1n) is 8.55. The molecule has 0 unspecified atom stereocenters. The number of benzene rings is 2. The highest BCUT2D eigenvalue weighted by atomic mass is 32.2. The average Bonchev–Trinajstić information content (AvgIpc) is 2.68. The third-order valence-electron chi connectivity index (χ3n) is 4.20. The monoisotopic (exact) mass is 405 g/mol. The van der Waals surface area contributed by atoms with E-state index in [9.17, 15) is 23.3 Å². The Morgan fingerprint density at radius 1 is 1.14 bits per heavy atom. The van der Waals surface area contributed by atoms with Crippen LogP contribution in [0.2, 0.25) is 0 Å². The molecular weight excluding hydrogens is 386 g/mol. The summed E-state index contributed by atoms with van der Waals surface area (Å²) < 4.78 is 32.8. The minimum atomic E-state index is -3.88. The van der Waals surface area contributed by atoms with Crippen LogP contribution in [0.1, 0.15) is 15.9 Å². The van der Waals surface area contributed by atoms with Gasteiger partial charge in [-0.25, -0.2) is 8.42 Å². The number of nitro benzene ring substituents is 1. The SMILES string of the molecule is O=C(c1ccccc1NS(=O)(=O)Cc1cccc([N+](=O)[O-])c1)N1CCOCC1. The maximum absolute atomic E-state index is 12.7. The molecule has 0 radical (unpaired) electrons. The minimum Gasteiger partial charge on any atom is -0.378 e. The summed E-state index contributed by atoms with van der Waals surface area (Å²) in [7, 11) is -3.88. The van der Waals surface area contributed by atoms with E-state index >= 15 is 0 Å². The lowest BCUT2D eigenvalue weighted by Crippen LogP contribution is -2.41. The van der Waals surface area contributed by atoms with E-state index in [1.165, 1.54) is 30.3 Å². The van der Waals surface area contributed by atoms with Crippen LogP contribution in [0.5, 0.6) is 0 Å². The molecule has 0 aliphatic carbocycles. The smallest absolute Gasteiger partial charge is 0.269 e. The molecule has 0 saturated carbocycles. The van der Waals surface area contributed by atoms with Gasteiger partial charge in [-0.15, -0.1) is 0 Å². The molecule has 1 aliphatic heterocycles. The number of morpholine rings is 1. The molecule has 1 amide bonds. The molecule has 1 heterocycles. The number of hydrogen-bond donors (Lipinski definition) is 1. The molecule has 28 heavy (non-hydrogen) atoms. The molecule has 0 spiro atoms. The second-order valence-electron chi connectivity index (χ2n) is 6.24. The van der Waals surface area contributed by atoms with Crippen LogP contribution in [-0.2, 0) is 20.5 Å². The minimum absolute atomic E-state index is 0.171. The number of anilines is 1. The van der Waals surface area contributed by atoms with Gasteiger partial charge < -0.3 is 9.64 Å². The van der Waals surface area contributed by atoms with Gasteiger partial charge in [-0.2, -0.15) is 0 Å². The standard InChI is InChI=1S/C18H19N3O6S/c22-18(20-8-10-27-11-9-20)16-6-1-2-7-17(16)19-28(25,26)13-14-4-3-5-15(12-14)21(23)24/h1-7,12,19H,8-11,13H2. The highest BCUT2D eigenvalue weighted by Crippen LogP contribution is 2.21. The summed E-state index contributed by atoms with van der Waals surface area (Å²) in [5.41, 5.74) is 0.505. The molecule has 2 aromatic rings. The maximum Gasteiger partial charge on any atom is 0.269 e. The quantitative estimate of drug-likeness (QED) is 0.580. The second-order valence-corrected chi connectivity index (χ2v) is 7.96. The number of nitrogens with one attached hydrogen (secondary N) is 1. The van der Waals surface area contributed by atoms with Gasteiger partial charge in [-0.05, 0) is 17.7 Å². The van der Waals surface area contributed by atoms with Crippen molar-refractivity contribution in [1.82, 2.24) is 4.90 Å². The summed E-state index contributed by atoms with van der Waals surface area (Å²) in [5, 5.41) is 10.9. The van der Waals surface area contributed by atoms with Crippen LogP contribution in [0, 0.1) is 10.1 Å². The molecule has 1 saturated heterocycles. The number of non-ortho nitro benzene ring substituents is 1. The second kappa shape index (κ2) is 8.36. The van der Waals surface area contributed by atoms with Gasteiger partial charge in [0.05, 0.1) is 35.1 Å². The largest absolute Gasteiger partial charge is 0.378 e. The van der Waals surface area contributed by atoms with Gasteiger partial charge in [0.25, 0.3) is 11.6 Å². The Hall–Kier alpha value is -2.98. The summed E-state index contributed by atoms with van der Waals surface area (Å²) >= 11 is 0. The molecule has 1 fully saturated rings. The van der Waals surface area contributed by atoms with Crippen LogP contribution in [-0.4, -0.2) is 50.5 Å². The number of hydrogen-bond acceptors (Lipinski definition) is 6. The Morgan fingerprint density at radius 3 is 2.57 bits per heavy atom. The summed E-state index contributed by atoms with van der Waals surface area (Å²) in [6.07, 6.45) is 0. The van der Waals surface area contributed by atoms with Crippen LogP contribution in [0.25, 0.3) is 0 Å². The fourth-order valence-corrected chi connectivity index (χ4v) is 4.08. The molecule has 2 aromatic carbocycles. The first-order valence-corrected chi connectivity index (χ1v) is 10.2. The van der Waals surface area contributed by atoms with Crippen molar-refractivity contribution in [2.45, 2.75) is 5.75 Å². The van der Waals surface area contributed by atoms with Gasteiger partial charge in [-0.3, -0.25) is 19.6 Å². The predicted molar refractivity (Wildman–Crippen MR) is 103 cm³/mol. The van der Waals surface area contributed by atoms with E-state index in [2.05, 4.69) is 4.72 Å². The number of nitro groups is 1. The highest BCUT2D eigenvalue weighted by molar-refractivity contribution is 7.91. The van der Waals surface area contributed by atoms with E-state index in [0.717, 1.165) is 0 Å². The van der Waals surface area contributed by atoms with Crippen LogP contribution in [0.4, 0.5) is 11.4 Å². The summed E-state index contributed by atoms with van der Waals surface area (Å²) in [6, 6.07) is 11.8. The number of amides is 1. The van der Waals surface area contributed by atoms with Crippen molar-refractivity contribution in [3.8, 4) is 0 Å². The molecule has 0 aromatic heterocycles. The lowest BCUT2D eigenvalue weighted by Gasteiger charge is -2.27. The van der Waals surface area contributed by atoms with E-state index in [-0.39, 0.29) is 28.4 Å². The Labute approximate surface area is 162 Å². The topological polar surface area (TPSA) is 119 Å². The van der Waals surface area contributed by atoms with E-state index in [1.54, 1.807) is 23.1 Å². The zero-order valence-corrected chi connectivity index (χ0v) is 15.7. The van der Waals surface area contributed by atoms with Crippen molar-refractivity contribution in [2.75, 3.05) is 31.0 Å². The van der Waals surface area contributed by atoms with Gasteiger partial charge in [-0.1, -0.05) is 24.3 Å². The summed E-state index contributed by atoms with van der Waals surface area (Å²) in [5.74, 6) is -0.730. The Morgan fingerprint density at radius 2 is 1.86 bits per heavy atom. The third-order valence-corrected chi connectivity index (χ3v) is 5.44. The van der Waals surface area contributed by atoms with Gasteiger partial charge in [0.15, 0.2) is 0 Å². The number of nitrogens with zero attached hydrogens (tertiary/aromatic N) is 2. The first kappa shape index (κ1) is 19.8. The van der Waals surface area contributed by atoms with E-state index < -0.39 is 20.7 Å². The zero-order valence-electron chi connectivity index (χ0n) is 14.9. The van der Waals surface area contributed by atoms with Crippen LogP contribution >= 0.6 is 0 Å². The lowest BCUT2D eigenvalue weighted by atomic mass is 10.1. The fraction of sp³-hybridized carbons (Fsp3) is 0.278. The van der Waals surface area contributed by atoms with Crippen LogP contribution in [0.3, 0.4) is 0 Å². The van der Waals surface area contributed by atoms with Crippen molar-refractivity contribution in [2.24, 2.45) is 0 Å². The number of rotatable bonds is 6. The zero-order chi connectivity index (χ0) is 20.1. The molecule has 10 heteroatoms. The van der Waals surface area contributed by atoms with Crippen molar-refractivity contribution in [1.29, 1.82) is 0 Å². The van der Waals surface area contributed by atoms with Crippen molar-refractivity contribution < 1.29 is 22.9 Å². The summed E-state index contributed by atoms with van der Waals surface area (Å²) in [6.45, 7) is 1.75. The van der Waals surface area contributed by atoms with Gasteiger partial charge in [0, 0.05) is 25.2 Å². The van der Waals surface area contributed by atoms with E-state index in [4.69, 9.17) is 4.74 Å². The normalized spacial score (nSPS) is 14.5. The summed E-state index contributed by atoms with van der Waals surface area (Å²) in [4.78, 5) is 24.6. The molecule has 0 bridgehead atoms. The van der Waals surface area contributed by atoms with E-state index in [0.29, 0.717) is 26.3 Å². The molecular formula is C18H19N3O6S. The number of carbonyl (C=O) groups excluding carboxylic acids is 1. The third kappa shape index (κ3) is 4.84. The molecule has 1 N–H and O–H groups in total. The fourth-order valence-electron chi connectivity index (χ4n) is 2.88. The molecule has 3 rings (SSSR count).